The quantitative estimate of drug-likeness (QED) is 0.793. The average molecular weight is 290 g/mol. The average Bonchev–Trinajstić information content (AvgIpc) is 2.97. The summed E-state index contributed by atoms with van der Waals surface area (Å²) >= 11 is 3.25. The Bertz CT molecular complexity index is 593. The fraction of sp³-hybridized carbons (Fsp3) is 0.462. The minimum absolute atomic E-state index is 0.0868. The van der Waals surface area contributed by atoms with Crippen molar-refractivity contribution in [3.05, 3.63) is 28.2 Å². The van der Waals surface area contributed by atoms with Crippen molar-refractivity contribution in [2.45, 2.75) is 42.6 Å². The van der Waals surface area contributed by atoms with Crippen LogP contribution >= 0.6 is 23.1 Å². The lowest BCUT2D eigenvalue weighted by atomic mass is 10.3. The van der Waals surface area contributed by atoms with Crippen molar-refractivity contribution < 1.29 is 0 Å². The predicted octanol–water partition coefficient (Wildman–Crippen LogP) is 3.27. The van der Waals surface area contributed by atoms with Crippen molar-refractivity contribution in [2.75, 3.05) is 0 Å². The number of nitriles is 1. The number of hydrogen-bond acceptors (Lipinski definition) is 5. The van der Waals surface area contributed by atoms with E-state index < -0.39 is 0 Å². The van der Waals surface area contributed by atoms with Crippen molar-refractivity contribution in [3.63, 3.8) is 0 Å². The van der Waals surface area contributed by atoms with Gasteiger partial charge in [0.25, 0.3) is 0 Å². The largest absolute Gasteiger partial charge is 0.303 e. The number of nitrogens with zero attached hydrogens (tertiary/aromatic N) is 4. The molecule has 98 valence electrons. The number of hydrogen-bond donors (Lipinski definition) is 0. The van der Waals surface area contributed by atoms with Gasteiger partial charge in [-0.2, -0.15) is 5.26 Å². The predicted molar refractivity (Wildman–Crippen MR) is 76.4 cm³/mol. The van der Waals surface area contributed by atoms with Crippen LogP contribution in [0.25, 0.3) is 0 Å². The standard InChI is InChI=1S/C13H14N4S2/c1-9(8-14)19-13-16-15-12(17(13)10-4-5-10)7-11-3-2-6-18-11/h2-3,6,9-10H,4-5,7H2,1H3/t9-/m1/s1. The van der Waals surface area contributed by atoms with E-state index in [9.17, 15) is 0 Å². The van der Waals surface area contributed by atoms with Crippen LogP contribution in [0, 0.1) is 11.3 Å². The lowest BCUT2D eigenvalue weighted by Crippen LogP contribution is -2.04. The van der Waals surface area contributed by atoms with E-state index in [0.717, 1.165) is 17.4 Å². The number of thiophene rings is 1. The van der Waals surface area contributed by atoms with Crippen LogP contribution in [-0.2, 0) is 6.42 Å². The summed E-state index contributed by atoms with van der Waals surface area (Å²) in [5.74, 6) is 1.03. The Kier molecular flexibility index (Phi) is 3.58. The summed E-state index contributed by atoms with van der Waals surface area (Å²) in [7, 11) is 0. The Balaban J connectivity index is 1.86. The first-order valence-electron chi connectivity index (χ1n) is 6.30. The summed E-state index contributed by atoms with van der Waals surface area (Å²) in [6.45, 7) is 1.90. The minimum atomic E-state index is -0.0868. The maximum atomic E-state index is 8.93. The van der Waals surface area contributed by atoms with Gasteiger partial charge in [-0.25, -0.2) is 0 Å². The third-order valence-electron chi connectivity index (χ3n) is 3.02. The van der Waals surface area contributed by atoms with E-state index in [4.69, 9.17) is 5.26 Å². The smallest absolute Gasteiger partial charge is 0.192 e. The summed E-state index contributed by atoms with van der Waals surface area (Å²) < 4.78 is 2.23. The molecule has 2 heterocycles. The van der Waals surface area contributed by atoms with E-state index in [0.29, 0.717) is 6.04 Å². The normalized spacial score (nSPS) is 16.2. The number of thioether (sulfide) groups is 1. The van der Waals surface area contributed by atoms with Crippen LogP contribution in [0.2, 0.25) is 0 Å². The molecule has 1 saturated carbocycles. The van der Waals surface area contributed by atoms with Gasteiger partial charge < -0.3 is 4.57 Å². The van der Waals surface area contributed by atoms with E-state index in [1.165, 1.54) is 29.5 Å². The molecule has 2 aromatic rings. The zero-order valence-electron chi connectivity index (χ0n) is 10.6. The summed E-state index contributed by atoms with van der Waals surface area (Å²) in [4.78, 5) is 1.30. The third kappa shape index (κ3) is 2.82. The summed E-state index contributed by atoms with van der Waals surface area (Å²) in [6, 6.07) is 6.97. The maximum Gasteiger partial charge on any atom is 0.192 e. The molecule has 1 aliphatic rings. The highest BCUT2D eigenvalue weighted by molar-refractivity contribution is 8.00. The Morgan fingerprint density at radius 3 is 3.05 bits per heavy atom. The van der Waals surface area contributed by atoms with E-state index in [1.807, 2.05) is 6.92 Å². The molecule has 1 atom stereocenters. The first-order chi connectivity index (χ1) is 9.28. The van der Waals surface area contributed by atoms with Gasteiger partial charge in [0.15, 0.2) is 5.16 Å². The van der Waals surface area contributed by atoms with Crippen LogP contribution in [0.4, 0.5) is 0 Å². The topological polar surface area (TPSA) is 54.5 Å². The second kappa shape index (κ2) is 5.35. The summed E-state index contributed by atoms with van der Waals surface area (Å²) in [5, 5.41) is 20.4. The molecule has 4 nitrogen and oxygen atoms in total. The molecular formula is C13H14N4S2. The van der Waals surface area contributed by atoms with Gasteiger partial charge in [0.2, 0.25) is 0 Å². The van der Waals surface area contributed by atoms with Crippen molar-refractivity contribution in [3.8, 4) is 6.07 Å². The number of aromatic nitrogens is 3. The second-order valence-corrected chi connectivity index (χ2v) is 6.99. The molecule has 0 unspecified atom stereocenters. The molecule has 19 heavy (non-hydrogen) atoms. The molecule has 0 spiro atoms. The fourth-order valence-electron chi connectivity index (χ4n) is 1.96. The van der Waals surface area contributed by atoms with Crippen LogP contribution in [0.15, 0.2) is 22.7 Å². The molecule has 0 bridgehead atoms. The van der Waals surface area contributed by atoms with Crippen molar-refractivity contribution in [1.82, 2.24) is 14.8 Å². The summed E-state index contributed by atoms with van der Waals surface area (Å²) in [6.07, 6.45) is 3.23. The van der Waals surface area contributed by atoms with Gasteiger partial charge in [-0.1, -0.05) is 17.8 Å². The Morgan fingerprint density at radius 1 is 1.58 bits per heavy atom. The third-order valence-corrected chi connectivity index (χ3v) is 4.85. The molecule has 0 amide bonds. The Hall–Kier alpha value is -1.32. The van der Waals surface area contributed by atoms with Gasteiger partial charge in [-0.15, -0.1) is 21.5 Å². The molecular weight excluding hydrogens is 276 g/mol. The van der Waals surface area contributed by atoms with Gasteiger partial charge in [0.05, 0.1) is 11.3 Å². The maximum absolute atomic E-state index is 8.93. The van der Waals surface area contributed by atoms with Crippen LogP contribution in [0.5, 0.6) is 0 Å². The van der Waals surface area contributed by atoms with Crippen LogP contribution in [0.1, 0.15) is 36.5 Å². The molecule has 6 heteroatoms. The summed E-state index contributed by atoms with van der Waals surface area (Å²) in [5.41, 5.74) is 0. The van der Waals surface area contributed by atoms with Gasteiger partial charge in [-0.3, -0.25) is 0 Å². The van der Waals surface area contributed by atoms with E-state index >= 15 is 0 Å². The lowest BCUT2D eigenvalue weighted by molar-refractivity contribution is 0.634. The molecule has 2 aromatic heterocycles. The zero-order chi connectivity index (χ0) is 13.2. The van der Waals surface area contributed by atoms with Gasteiger partial charge in [0, 0.05) is 17.3 Å². The Morgan fingerprint density at radius 2 is 2.42 bits per heavy atom. The van der Waals surface area contributed by atoms with Crippen molar-refractivity contribution in [2.24, 2.45) is 0 Å². The van der Waals surface area contributed by atoms with Crippen LogP contribution in [-0.4, -0.2) is 20.0 Å². The highest BCUT2D eigenvalue weighted by atomic mass is 32.2. The van der Waals surface area contributed by atoms with Gasteiger partial charge >= 0.3 is 0 Å². The van der Waals surface area contributed by atoms with Crippen molar-refractivity contribution in [1.29, 1.82) is 5.26 Å². The SMILES string of the molecule is C[C@H](C#N)Sc1nnc(Cc2cccs2)n1C1CC1. The monoisotopic (exact) mass is 290 g/mol. The lowest BCUT2D eigenvalue weighted by Gasteiger charge is -2.08. The highest BCUT2D eigenvalue weighted by Gasteiger charge is 2.30. The minimum Gasteiger partial charge on any atom is -0.303 e. The molecule has 0 N–H and O–H groups in total. The molecule has 3 rings (SSSR count). The second-order valence-electron chi connectivity index (χ2n) is 4.65. The van der Waals surface area contributed by atoms with Gasteiger partial charge in [0.1, 0.15) is 5.82 Å². The zero-order valence-corrected chi connectivity index (χ0v) is 12.2. The Labute approximate surface area is 120 Å². The molecule has 0 radical (unpaired) electrons. The molecule has 1 aliphatic carbocycles. The fourth-order valence-corrected chi connectivity index (χ4v) is 3.49. The first kappa shape index (κ1) is 12.7. The van der Waals surface area contributed by atoms with E-state index in [1.54, 1.807) is 11.3 Å². The molecule has 0 aromatic carbocycles. The first-order valence-corrected chi connectivity index (χ1v) is 8.06. The molecule has 0 saturated heterocycles. The van der Waals surface area contributed by atoms with Crippen molar-refractivity contribution >= 4 is 23.1 Å². The van der Waals surface area contributed by atoms with Crippen LogP contribution < -0.4 is 0 Å². The van der Waals surface area contributed by atoms with Gasteiger partial charge in [-0.05, 0) is 31.2 Å². The molecule has 0 aliphatic heterocycles. The molecule has 1 fully saturated rings. The van der Waals surface area contributed by atoms with E-state index in [2.05, 4.69) is 38.3 Å². The van der Waals surface area contributed by atoms with Crippen LogP contribution in [0.3, 0.4) is 0 Å². The number of rotatable bonds is 5. The highest BCUT2D eigenvalue weighted by Crippen LogP contribution is 2.39. The van der Waals surface area contributed by atoms with E-state index in [-0.39, 0.29) is 5.25 Å².